The van der Waals surface area contributed by atoms with E-state index in [9.17, 15) is 9.59 Å². The van der Waals surface area contributed by atoms with Crippen LogP contribution in [-0.2, 0) is 9.59 Å². The summed E-state index contributed by atoms with van der Waals surface area (Å²) in [5.74, 6) is -1.01. The molecule has 0 aromatic heterocycles. The monoisotopic (exact) mass is 425 g/mol. The highest BCUT2D eigenvalue weighted by Gasteiger charge is 2.37. The molecular formula is C27H27N3O2. The molecule has 2 amide bonds. The third kappa shape index (κ3) is 4.07. The summed E-state index contributed by atoms with van der Waals surface area (Å²) in [6, 6.07) is 22.5. The highest BCUT2D eigenvalue weighted by molar-refractivity contribution is 6.22. The van der Waals surface area contributed by atoms with Gasteiger partial charge in [0.05, 0.1) is 17.6 Å². The minimum atomic E-state index is -0.554. The van der Waals surface area contributed by atoms with Crippen molar-refractivity contribution in [3.8, 4) is 11.1 Å². The Morgan fingerprint density at radius 1 is 1.06 bits per heavy atom. The second-order valence-corrected chi connectivity index (χ2v) is 8.01. The van der Waals surface area contributed by atoms with E-state index >= 15 is 0 Å². The highest BCUT2D eigenvalue weighted by Crippen LogP contribution is 2.43. The summed E-state index contributed by atoms with van der Waals surface area (Å²) >= 11 is 0. The van der Waals surface area contributed by atoms with Crippen molar-refractivity contribution in [1.82, 2.24) is 5.32 Å². The van der Waals surface area contributed by atoms with Crippen LogP contribution in [0.3, 0.4) is 0 Å². The Hall–Kier alpha value is -3.70. The van der Waals surface area contributed by atoms with Crippen LogP contribution in [0.5, 0.6) is 0 Å². The van der Waals surface area contributed by atoms with E-state index in [-0.39, 0.29) is 11.8 Å². The molecule has 3 aromatic rings. The predicted octanol–water partition coefficient (Wildman–Crippen LogP) is 4.60. The number of nitrogen functional groups attached to an aromatic ring is 1. The SMILES string of the molecule is CC1C(=O)N(C(=O)[C@H](C)NC/C=C/c2ccccc2)c2cccc(N)c2-c2ccccc21. The largest absolute Gasteiger partial charge is 0.398 e. The number of nitrogens with two attached hydrogens (primary N) is 1. The number of carbonyl (C=O) groups excluding carboxylic acids is 2. The molecule has 0 aliphatic carbocycles. The third-order valence-electron chi connectivity index (χ3n) is 5.85. The molecule has 0 saturated heterocycles. The van der Waals surface area contributed by atoms with Gasteiger partial charge in [0.2, 0.25) is 5.91 Å². The second kappa shape index (κ2) is 9.20. The zero-order valence-electron chi connectivity index (χ0n) is 18.3. The first-order valence-corrected chi connectivity index (χ1v) is 10.8. The van der Waals surface area contributed by atoms with Crippen LogP contribution in [0.25, 0.3) is 17.2 Å². The lowest BCUT2D eigenvalue weighted by atomic mass is 9.92. The number of imide groups is 1. The average molecular weight is 426 g/mol. The predicted molar refractivity (Wildman–Crippen MR) is 130 cm³/mol. The van der Waals surface area contributed by atoms with Crippen LogP contribution >= 0.6 is 0 Å². The normalized spacial score (nSPS) is 16.4. The molecule has 1 aliphatic rings. The van der Waals surface area contributed by atoms with Crippen LogP contribution in [0, 0.1) is 0 Å². The second-order valence-electron chi connectivity index (χ2n) is 8.01. The van der Waals surface area contributed by atoms with Gasteiger partial charge in [-0.15, -0.1) is 0 Å². The molecule has 0 saturated carbocycles. The van der Waals surface area contributed by atoms with Crippen LogP contribution in [-0.4, -0.2) is 24.4 Å². The molecule has 4 rings (SSSR count). The first-order chi connectivity index (χ1) is 15.5. The standard InChI is InChI=1S/C27H27N3O2/c1-18-21-13-6-7-14-22(21)25-23(28)15-8-16-24(25)30(26(18)31)27(32)19(2)29-17-9-12-20-10-4-3-5-11-20/h3-16,18-19,29H,17,28H2,1-2H3/b12-9+/t18?,19-/m0/s1. The Bertz CT molecular complexity index is 1170. The fraction of sp³-hybridized carbons (Fsp3) is 0.185. The number of carbonyl (C=O) groups is 2. The summed E-state index contributed by atoms with van der Waals surface area (Å²) in [6.45, 7) is 4.12. The minimum absolute atomic E-state index is 0.250. The van der Waals surface area contributed by atoms with Gasteiger partial charge in [-0.05, 0) is 42.7 Å². The maximum absolute atomic E-state index is 13.5. The minimum Gasteiger partial charge on any atom is -0.398 e. The molecule has 2 atom stereocenters. The van der Waals surface area contributed by atoms with Gasteiger partial charge >= 0.3 is 0 Å². The van der Waals surface area contributed by atoms with E-state index in [2.05, 4.69) is 5.32 Å². The lowest BCUT2D eigenvalue weighted by Crippen LogP contribution is -2.48. The Balaban J connectivity index is 1.61. The molecular weight excluding hydrogens is 398 g/mol. The molecule has 162 valence electrons. The smallest absolute Gasteiger partial charge is 0.250 e. The maximum Gasteiger partial charge on any atom is 0.250 e. The molecule has 32 heavy (non-hydrogen) atoms. The van der Waals surface area contributed by atoms with E-state index in [0.29, 0.717) is 17.9 Å². The molecule has 5 nitrogen and oxygen atoms in total. The van der Waals surface area contributed by atoms with E-state index in [1.54, 1.807) is 25.1 Å². The van der Waals surface area contributed by atoms with Crippen molar-refractivity contribution in [2.24, 2.45) is 0 Å². The lowest BCUT2D eigenvalue weighted by molar-refractivity contribution is -0.128. The zero-order chi connectivity index (χ0) is 22.7. The van der Waals surface area contributed by atoms with Gasteiger partial charge in [0, 0.05) is 17.8 Å². The average Bonchev–Trinajstić information content (AvgIpc) is 2.91. The number of hydrogen-bond acceptors (Lipinski definition) is 4. The molecule has 1 heterocycles. The fourth-order valence-electron chi connectivity index (χ4n) is 4.10. The molecule has 0 bridgehead atoms. The van der Waals surface area contributed by atoms with Gasteiger partial charge in [-0.2, -0.15) is 0 Å². The van der Waals surface area contributed by atoms with Gasteiger partial charge in [-0.3, -0.25) is 9.59 Å². The summed E-state index contributed by atoms with van der Waals surface area (Å²) < 4.78 is 0. The van der Waals surface area contributed by atoms with Crippen LogP contribution in [0.1, 0.15) is 30.9 Å². The van der Waals surface area contributed by atoms with Crippen molar-refractivity contribution >= 4 is 29.3 Å². The number of nitrogens with one attached hydrogen (secondary N) is 1. The number of anilines is 2. The topological polar surface area (TPSA) is 75.4 Å². The molecule has 3 N–H and O–H groups in total. The number of benzene rings is 3. The quantitative estimate of drug-likeness (QED) is 0.586. The number of nitrogens with zero attached hydrogens (tertiary/aromatic N) is 1. The lowest BCUT2D eigenvalue weighted by Gasteiger charge is -2.26. The number of fused-ring (bicyclic) bond motifs is 3. The summed E-state index contributed by atoms with van der Waals surface area (Å²) in [5, 5.41) is 3.21. The number of hydrogen-bond donors (Lipinski definition) is 2. The van der Waals surface area contributed by atoms with Crippen molar-refractivity contribution in [1.29, 1.82) is 0 Å². The Morgan fingerprint density at radius 3 is 2.56 bits per heavy atom. The van der Waals surface area contributed by atoms with E-state index in [1.807, 2.05) is 73.7 Å². The van der Waals surface area contributed by atoms with Crippen LogP contribution in [0.4, 0.5) is 11.4 Å². The van der Waals surface area contributed by atoms with E-state index in [0.717, 1.165) is 22.3 Å². The highest BCUT2D eigenvalue weighted by atomic mass is 16.2. The van der Waals surface area contributed by atoms with Crippen molar-refractivity contribution in [3.05, 3.63) is 90.0 Å². The molecule has 0 fully saturated rings. The van der Waals surface area contributed by atoms with Crippen LogP contribution in [0.15, 0.2) is 78.9 Å². The fourth-order valence-corrected chi connectivity index (χ4v) is 4.10. The van der Waals surface area contributed by atoms with Gasteiger partial charge in [0.1, 0.15) is 0 Å². The van der Waals surface area contributed by atoms with Gasteiger partial charge in [0.25, 0.3) is 5.91 Å². The number of rotatable bonds is 5. The first kappa shape index (κ1) is 21.5. The van der Waals surface area contributed by atoms with E-state index < -0.39 is 12.0 Å². The van der Waals surface area contributed by atoms with Crippen LogP contribution in [0.2, 0.25) is 0 Å². The molecule has 1 unspecified atom stereocenters. The maximum atomic E-state index is 13.5. The molecule has 5 heteroatoms. The van der Waals surface area contributed by atoms with Gasteiger partial charge in [-0.1, -0.05) is 72.8 Å². The summed E-state index contributed by atoms with van der Waals surface area (Å²) in [7, 11) is 0. The zero-order valence-corrected chi connectivity index (χ0v) is 18.3. The summed E-state index contributed by atoms with van der Waals surface area (Å²) in [6.07, 6.45) is 3.96. The van der Waals surface area contributed by atoms with Crippen molar-refractivity contribution in [2.75, 3.05) is 17.2 Å². The number of amides is 2. The molecule has 1 aliphatic heterocycles. The van der Waals surface area contributed by atoms with Gasteiger partial charge in [-0.25, -0.2) is 4.90 Å². The van der Waals surface area contributed by atoms with Crippen molar-refractivity contribution in [3.63, 3.8) is 0 Å². The van der Waals surface area contributed by atoms with Gasteiger partial charge < -0.3 is 11.1 Å². The Morgan fingerprint density at radius 2 is 1.78 bits per heavy atom. The first-order valence-electron chi connectivity index (χ1n) is 10.8. The molecule has 3 aromatic carbocycles. The molecule has 0 spiro atoms. The summed E-state index contributed by atoms with van der Waals surface area (Å²) in [5.41, 5.74) is 11.0. The molecule has 0 radical (unpaired) electrons. The third-order valence-corrected chi connectivity index (χ3v) is 5.85. The van der Waals surface area contributed by atoms with Crippen LogP contribution < -0.4 is 16.0 Å². The summed E-state index contributed by atoms with van der Waals surface area (Å²) in [4.78, 5) is 28.2. The van der Waals surface area contributed by atoms with Gasteiger partial charge in [0.15, 0.2) is 0 Å². The Kier molecular flexibility index (Phi) is 6.19. The van der Waals surface area contributed by atoms with E-state index in [4.69, 9.17) is 5.73 Å². The Labute approximate surface area is 188 Å². The van der Waals surface area contributed by atoms with E-state index in [1.165, 1.54) is 4.90 Å². The van der Waals surface area contributed by atoms with Crippen molar-refractivity contribution < 1.29 is 9.59 Å². The van der Waals surface area contributed by atoms with Crippen molar-refractivity contribution in [2.45, 2.75) is 25.8 Å².